The Morgan fingerprint density at radius 2 is 1.50 bits per heavy atom. The minimum atomic E-state index is -0.695. The fourth-order valence-corrected chi connectivity index (χ4v) is 3.08. The molecule has 0 saturated carbocycles. The van der Waals surface area contributed by atoms with Gasteiger partial charge in [-0.2, -0.15) is 0 Å². The van der Waals surface area contributed by atoms with Crippen molar-refractivity contribution in [2.45, 2.75) is 13.8 Å². The maximum absolute atomic E-state index is 10.3. The molecule has 6 nitrogen and oxygen atoms in total. The van der Waals surface area contributed by atoms with E-state index >= 15 is 0 Å². The van der Waals surface area contributed by atoms with Crippen molar-refractivity contribution < 1.29 is 20.4 Å². The van der Waals surface area contributed by atoms with E-state index in [0.29, 0.717) is 10.8 Å². The lowest BCUT2D eigenvalue weighted by molar-refractivity contribution is 0.351. The van der Waals surface area contributed by atoms with Gasteiger partial charge < -0.3 is 30.6 Å². The molecule has 0 bridgehead atoms. The topological polar surface area (TPSA) is 96.2 Å². The van der Waals surface area contributed by atoms with Gasteiger partial charge in [0.1, 0.15) is 0 Å². The van der Waals surface area contributed by atoms with Gasteiger partial charge in [-0.25, -0.2) is 0 Å². The lowest BCUT2D eigenvalue weighted by Gasteiger charge is -2.32. The molecule has 1 aliphatic heterocycles. The van der Waals surface area contributed by atoms with Crippen LogP contribution in [0.25, 0.3) is 10.8 Å². The molecule has 2 aromatic carbocycles. The highest BCUT2D eigenvalue weighted by Gasteiger charge is 2.25. The van der Waals surface area contributed by atoms with Gasteiger partial charge in [0.15, 0.2) is 11.5 Å². The molecule has 0 aromatic heterocycles. The maximum Gasteiger partial charge on any atom is 0.205 e. The summed E-state index contributed by atoms with van der Waals surface area (Å²) in [6.07, 6.45) is 0. The van der Waals surface area contributed by atoms with Crippen molar-refractivity contribution in [2.75, 3.05) is 31.1 Å². The SMILES string of the molecule is Cc1cc2c(O)c(O)c(O)c(O)c2c(N2CCNCC2)c1C. The summed E-state index contributed by atoms with van der Waals surface area (Å²) < 4.78 is 0. The van der Waals surface area contributed by atoms with E-state index in [9.17, 15) is 20.4 Å². The zero-order valence-electron chi connectivity index (χ0n) is 12.6. The van der Waals surface area contributed by atoms with Gasteiger partial charge in [-0.3, -0.25) is 0 Å². The Kier molecular flexibility index (Phi) is 3.41. The third-order valence-corrected chi connectivity index (χ3v) is 4.41. The Balaban J connectivity index is 2.40. The van der Waals surface area contributed by atoms with Crippen molar-refractivity contribution in [2.24, 2.45) is 0 Å². The number of hydrogen-bond acceptors (Lipinski definition) is 6. The maximum atomic E-state index is 10.3. The second kappa shape index (κ2) is 5.14. The average Bonchev–Trinajstić information content (AvgIpc) is 2.53. The fraction of sp³-hybridized carbons (Fsp3) is 0.375. The molecule has 6 heteroatoms. The van der Waals surface area contributed by atoms with E-state index in [4.69, 9.17) is 0 Å². The van der Waals surface area contributed by atoms with Crippen molar-refractivity contribution in [3.63, 3.8) is 0 Å². The van der Waals surface area contributed by atoms with Gasteiger partial charge >= 0.3 is 0 Å². The number of phenols is 4. The van der Waals surface area contributed by atoms with E-state index in [-0.39, 0.29) is 0 Å². The number of nitrogens with zero attached hydrogens (tertiary/aromatic N) is 1. The molecule has 0 atom stereocenters. The number of nitrogens with one attached hydrogen (secondary N) is 1. The molecule has 0 radical (unpaired) electrons. The summed E-state index contributed by atoms with van der Waals surface area (Å²) in [6, 6.07) is 1.71. The van der Waals surface area contributed by atoms with Crippen molar-refractivity contribution in [3.05, 3.63) is 17.2 Å². The van der Waals surface area contributed by atoms with Gasteiger partial charge in [-0.15, -0.1) is 0 Å². The molecule has 3 rings (SSSR count). The van der Waals surface area contributed by atoms with Crippen LogP contribution >= 0.6 is 0 Å². The number of anilines is 1. The highest BCUT2D eigenvalue weighted by atomic mass is 16.3. The average molecular weight is 304 g/mol. The Bertz CT molecular complexity index is 752. The molecule has 22 heavy (non-hydrogen) atoms. The first-order chi connectivity index (χ1) is 10.4. The minimum absolute atomic E-state index is 0.337. The molecule has 1 heterocycles. The van der Waals surface area contributed by atoms with E-state index in [1.54, 1.807) is 6.07 Å². The minimum Gasteiger partial charge on any atom is -0.504 e. The molecular formula is C16H20N2O4. The summed E-state index contributed by atoms with van der Waals surface area (Å²) in [4.78, 5) is 2.12. The number of aryl methyl sites for hydroxylation is 1. The van der Waals surface area contributed by atoms with E-state index in [0.717, 1.165) is 43.0 Å². The van der Waals surface area contributed by atoms with Gasteiger partial charge in [0, 0.05) is 31.6 Å². The second-order valence-electron chi connectivity index (χ2n) is 5.72. The first-order valence-electron chi connectivity index (χ1n) is 7.28. The predicted octanol–water partition coefficient (Wildman–Crippen LogP) is 1.69. The first-order valence-corrected chi connectivity index (χ1v) is 7.28. The molecule has 0 unspecified atom stereocenters. The second-order valence-corrected chi connectivity index (χ2v) is 5.72. The van der Waals surface area contributed by atoms with Gasteiger partial charge in [0.05, 0.1) is 11.1 Å². The number of benzene rings is 2. The van der Waals surface area contributed by atoms with Gasteiger partial charge in [0.25, 0.3) is 0 Å². The lowest BCUT2D eigenvalue weighted by atomic mass is 9.96. The lowest BCUT2D eigenvalue weighted by Crippen LogP contribution is -2.44. The van der Waals surface area contributed by atoms with E-state index < -0.39 is 23.0 Å². The quantitative estimate of drug-likeness (QED) is 0.406. The molecule has 0 spiro atoms. The van der Waals surface area contributed by atoms with Crippen LogP contribution in [-0.4, -0.2) is 46.6 Å². The zero-order chi connectivity index (χ0) is 16.0. The molecule has 118 valence electrons. The van der Waals surface area contributed by atoms with Gasteiger partial charge in [0.2, 0.25) is 11.5 Å². The molecule has 1 aliphatic rings. The number of fused-ring (bicyclic) bond motifs is 1. The molecule has 0 amide bonds. The fourth-order valence-electron chi connectivity index (χ4n) is 3.08. The monoisotopic (exact) mass is 304 g/mol. The van der Waals surface area contributed by atoms with Crippen LogP contribution < -0.4 is 10.2 Å². The first kappa shape index (κ1) is 14.6. The molecule has 0 aliphatic carbocycles. The van der Waals surface area contributed by atoms with Crippen LogP contribution in [0.3, 0.4) is 0 Å². The highest BCUT2D eigenvalue weighted by Crippen LogP contribution is 2.52. The van der Waals surface area contributed by atoms with Crippen molar-refractivity contribution in [1.29, 1.82) is 0 Å². The normalized spacial score (nSPS) is 15.5. The summed E-state index contributed by atoms with van der Waals surface area (Å²) in [7, 11) is 0. The van der Waals surface area contributed by atoms with E-state index in [2.05, 4.69) is 10.2 Å². The largest absolute Gasteiger partial charge is 0.504 e. The zero-order valence-corrected chi connectivity index (χ0v) is 12.6. The number of phenolic OH excluding ortho intramolecular Hbond substituents is 4. The number of hydrogen-bond donors (Lipinski definition) is 5. The molecule has 1 fully saturated rings. The standard InChI is InChI=1S/C16H20N2O4/c1-8-7-10-11(14(20)16(22)15(21)13(10)19)12(9(8)2)18-5-3-17-4-6-18/h7,17,19-22H,3-6H2,1-2H3. The van der Waals surface area contributed by atoms with Crippen molar-refractivity contribution in [1.82, 2.24) is 5.32 Å². The molecule has 2 aromatic rings. The van der Waals surface area contributed by atoms with Crippen LogP contribution in [0.5, 0.6) is 23.0 Å². The number of piperazine rings is 1. The Labute approximate surface area is 128 Å². The number of rotatable bonds is 1. The van der Waals surface area contributed by atoms with Crippen LogP contribution in [0.4, 0.5) is 5.69 Å². The Morgan fingerprint density at radius 3 is 2.14 bits per heavy atom. The van der Waals surface area contributed by atoms with E-state index in [1.165, 1.54) is 0 Å². The van der Waals surface area contributed by atoms with E-state index in [1.807, 2.05) is 13.8 Å². The van der Waals surface area contributed by atoms with Crippen LogP contribution in [0, 0.1) is 13.8 Å². The van der Waals surface area contributed by atoms with Crippen LogP contribution in [0.1, 0.15) is 11.1 Å². The third-order valence-electron chi connectivity index (χ3n) is 4.41. The summed E-state index contributed by atoms with van der Waals surface area (Å²) in [5, 5.41) is 44.1. The summed E-state index contributed by atoms with van der Waals surface area (Å²) in [6.45, 7) is 7.05. The van der Waals surface area contributed by atoms with Crippen molar-refractivity contribution >= 4 is 16.5 Å². The summed E-state index contributed by atoms with van der Waals surface area (Å²) in [5.74, 6) is -2.20. The third kappa shape index (κ3) is 1.99. The predicted molar refractivity (Wildman–Crippen MR) is 85.2 cm³/mol. The molecule has 5 N–H and O–H groups in total. The summed E-state index contributed by atoms with van der Waals surface area (Å²) in [5.41, 5.74) is 2.72. The molecular weight excluding hydrogens is 284 g/mol. The van der Waals surface area contributed by atoms with Crippen LogP contribution in [-0.2, 0) is 0 Å². The highest BCUT2D eigenvalue weighted by molar-refractivity contribution is 6.07. The Hall–Kier alpha value is -2.34. The van der Waals surface area contributed by atoms with Crippen molar-refractivity contribution in [3.8, 4) is 23.0 Å². The summed E-state index contributed by atoms with van der Waals surface area (Å²) >= 11 is 0. The number of aromatic hydroxyl groups is 4. The Morgan fingerprint density at radius 1 is 0.909 bits per heavy atom. The van der Waals surface area contributed by atoms with Crippen LogP contribution in [0.15, 0.2) is 6.07 Å². The van der Waals surface area contributed by atoms with Gasteiger partial charge in [-0.1, -0.05) is 0 Å². The smallest absolute Gasteiger partial charge is 0.205 e. The van der Waals surface area contributed by atoms with Gasteiger partial charge in [-0.05, 0) is 31.0 Å². The molecule has 1 saturated heterocycles. The van der Waals surface area contributed by atoms with Crippen LogP contribution in [0.2, 0.25) is 0 Å².